The van der Waals surface area contributed by atoms with E-state index >= 15 is 0 Å². The summed E-state index contributed by atoms with van der Waals surface area (Å²) in [6.07, 6.45) is 31.4. The fourth-order valence-corrected chi connectivity index (χ4v) is 7.58. The molecule has 1 fully saturated rings. The maximum absolute atomic E-state index is 13.6. The fraction of sp³-hybridized carbons (Fsp3) is 0.833. The van der Waals surface area contributed by atoms with Crippen LogP contribution in [-0.2, 0) is 19.1 Å². The van der Waals surface area contributed by atoms with E-state index in [4.69, 9.17) is 15.2 Å². The second-order valence-corrected chi connectivity index (χ2v) is 15.6. The second kappa shape index (κ2) is 26.1. The Morgan fingerprint density at radius 3 is 1.74 bits per heavy atom. The predicted molar refractivity (Wildman–Crippen MR) is 213 cm³/mol. The lowest BCUT2D eigenvalue weighted by atomic mass is 9.87. The number of nitrogen functional groups attached to an aromatic ring is 1. The molecular formula is C42H73N5O6. The molecule has 11 heteroatoms. The van der Waals surface area contributed by atoms with Gasteiger partial charge >= 0.3 is 5.97 Å². The van der Waals surface area contributed by atoms with Crippen molar-refractivity contribution < 1.29 is 24.2 Å². The largest absolute Gasteiger partial charge is 0.463 e. The SMILES string of the molecule is CCCCCCCCCCCCCCCC(=O)OC[C@H]1O[C@@H](n2cnc3c(=O)[nH]c(N)nc32)C[C@@]1(O)C(=O)CCCCCCCCCCCCCCC. The van der Waals surface area contributed by atoms with Crippen molar-refractivity contribution in [2.75, 3.05) is 12.3 Å². The summed E-state index contributed by atoms with van der Waals surface area (Å²) in [5.41, 5.74) is 3.73. The molecule has 3 heterocycles. The lowest BCUT2D eigenvalue weighted by molar-refractivity contribution is -0.160. The van der Waals surface area contributed by atoms with E-state index in [1.165, 1.54) is 133 Å². The number of ether oxygens (including phenoxy) is 2. The van der Waals surface area contributed by atoms with Gasteiger partial charge in [0.1, 0.15) is 18.9 Å². The maximum Gasteiger partial charge on any atom is 0.305 e. The van der Waals surface area contributed by atoms with E-state index in [-0.39, 0.29) is 54.7 Å². The third-order valence-corrected chi connectivity index (χ3v) is 11.0. The van der Waals surface area contributed by atoms with E-state index in [0.717, 1.165) is 38.5 Å². The number of ketones is 1. The molecule has 11 nitrogen and oxygen atoms in total. The van der Waals surface area contributed by atoms with Crippen LogP contribution < -0.4 is 11.3 Å². The zero-order chi connectivity index (χ0) is 38.2. The van der Waals surface area contributed by atoms with Crippen molar-refractivity contribution in [3.8, 4) is 0 Å². The van der Waals surface area contributed by atoms with Crippen LogP contribution in [-0.4, -0.2) is 54.7 Å². The topological polar surface area (TPSA) is 162 Å². The molecule has 0 bridgehead atoms. The number of rotatable bonds is 32. The second-order valence-electron chi connectivity index (χ2n) is 15.6. The molecule has 0 radical (unpaired) electrons. The Labute approximate surface area is 319 Å². The van der Waals surface area contributed by atoms with Crippen LogP contribution in [0.15, 0.2) is 11.1 Å². The van der Waals surface area contributed by atoms with Gasteiger partial charge in [0.2, 0.25) is 5.95 Å². The predicted octanol–water partition coefficient (Wildman–Crippen LogP) is 9.80. The molecule has 2 aromatic heterocycles. The van der Waals surface area contributed by atoms with Gasteiger partial charge < -0.3 is 20.3 Å². The Morgan fingerprint density at radius 1 is 0.792 bits per heavy atom. The summed E-state index contributed by atoms with van der Waals surface area (Å²) in [7, 11) is 0. The summed E-state index contributed by atoms with van der Waals surface area (Å²) in [6, 6.07) is 0. The number of aliphatic hydroxyl groups is 1. The molecule has 0 saturated carbocycles. The number of aromatic nitrogens is 4. The number of nitrogens with zero attached hydrogens (tertiary/aromatic N) is 3. The highest BCUT2D eigenvalue weighted by atomic mass is 16.6. The van der Waals surface area contributed by atoms with Gasteiger partial charge in [-0.05, 0) is 12.8 Å². The summed E-state index contributed by atoms with van der Waals surface area (Å²) in [4.78, 5) is 49.6. The molecule has 302 valence electrons. The number of H-pyrrole nitrogens is 1. The molecule has 4 N–H and O–H groups in total. The minimum absolute atomic E-state index is 0.0744. The van der Waals surface area contributed by atoms with Gasteiger partial charge in [0.05, 0.1) is 6.33 Å². The van der Waals surface area contributed by atoms with Crippen molar-refractivity contribution in [3.05, 3.63) is 16.7 Å². The van der Waals surface area contributed by atoms with Crippen LogP contribution in [0.4, 0.5) is 5.95 Å². The highest BCUT2D eigenvalue weighted by molar-refractivity contribution is 5.88. The number of hydrogen-bond acceptors (Lipinski definition) is 9. The number of aromatic amines is 1. The van der Waals surface area contributed by atoms with Gasteiger partial charge in [-0.1, -0.05) is 168 Å². The first-order chi connectivity index (χ1) is 25.8. The van der Waals surface area contributed by atoms with Crippen LogP contribution in [0.25, 0.3) is 11.2 Å². The minimum atomic E-state index is -1.86. The monoisotopic (exact) mass is 744 g/mol. The van der Waals surface area contributed by atoms with Crippen molar-refractivity contribution in [3.63, 3.8) is 0 Å². The molecule has 0 aliphatic carbocycles. The van der Waals surface area contributed by atoms with Gasteiger partial charge in [-0.25, -0.2) is 4.98 Å². The maximum atomic E-state index is 13.6. The van der Waals surface area contributed by atoms with E-state index in [0.29, 0.717) is 6.42 Å². The van der Waals surface area contributed by atoms with Gasteiger partial charge in [-0.2, -0.15) is 4.98 Å². The Balaban J connectivity index is 1.42. The van der Waals surface area contributed by atoms with Gasteiger partial charge in [0.15, 0.2) is 22.5 Å². The lowest BCUT2D eigenvalue weighted by Crippen LogP contribution is -2.48. The third kappa shape index (κ3) is 16.2. The molecule has 0 aromatic carbocycles. The molecule has 3 atom stereocenters. The number of imidazole rings is 1. The quantitative estimate of drug-likeness (QED) is 0.0489. The van der Waals surface area contributed by atoms with Gasteiger partial charge in [0.25, 0.3) is 5.56 Å². The molecule has 1 aliphatic rings. The van der Waals surface area contributed by atoms with Crippen molar-refractivity contribution in [1.82, 2.24) is 19.5 Å². The van der Waals surface area contributed by atoms with Crippen LogP contribution in [0.5, 0.6) is 0 Å². The molecule has 0 unspecified atom stereocenters. The Kier molecular flexibility index (Phi) is 22.0. The van der Waals surface area contributed by atoms with Crippen molar-refractivity contribution in [2.45, 2.75) is 218 Å². The summed E-state index contributed by atoms with van der Waals surface area (Å²) in [5, 5.41) is 11.9. The first-order valence-electron chi connectivity index (χ1n) is 21.6. The van der Waals surface area contributed by atoms with E-state index in [1.807, 2.05) is 0 Å². The lowest BCUT2D eigenvalue weighted by Gasteiger charge is -2.26. The molecule has 53 heavy (non-hydrogen) atoms. The number of fused-ring (bicyclic) bond motifs is 1. The Hall–Kier alpha value is -2.79. The van der Waals surface area contributed by atoms with Gasteiger partial charge in [-0.15, -0.1) is 0 Å². The van der Waals surface area contributed by atoms with Crippen LogP contribution in [0.2, 0.25) is 0 Å². The summed E-state index contributed by atoms with van der Waals surface area (Å²) in [6.45, 7) is 4.26. The zero-order valence-electron chi connectivity index (χ0n) is 33.4. The average Bonchev–Trinajstić information content (AvgIpc) is 3.72. The van der Waals surface area contributed by atoms with Crippen molar-refractivity contribution in [1.29, 1.82) is 0 Å². The third-order valence-electron chi connectivity index (χ3n) is 11.0. The minimum Gasteiger partial charge on any atom is -0.463 e. The normalized spacial score (nSPS) is 18.6. The number of Topliss-reactive ketones (excluding diaryl/α,β-unsaturated/α-hetero) is 1. The van der Waals surface area contributed by atoms with E-state index < -0.39 is 23.5 Å². The number of carbonyl (C=O) groups is 2. The summed E-state index contributed by atoms with van der Waals surface area (Å²) < 4.78 is 13.3. The van der Waals surface area contributed by atoms with Crippen molar-refractivity contribution in [2.24, 2.45) is 0 Å². The Morgan fingerprint density at radius 2 is 1.25 bits per heavy atom. The van der Waals surface area contributed by atoms with Gasteiger partial charge in [-0.3, -0.25) is 23.9 Å². The molecule has 1 saturated heterocycles. The highest BCUT2D eigenvalue weighted by Crippen LogP contribution is 2.39. The average molecular weight is 744 g/mol. The summed E-state index contributed by atoms with van der Waals surface area (Å²) in [5.74, 6) is -0.759. The number of nitrogens with one attached hydrogen (secondary N) is 1. The van der Waals surface area contributed by atoms with Crippen LogP contribution in [0.3, 0.4) is 0 Å². The van der Waals surface area contributed by atoms with Crippen LogP contribution in [0, 0.1) is 0 Å². The first-order valence-corrected chi connectivity index (χ1v) is 21.6. The molecule has 2 aromatic rings. The van der Waals surface area contributed by atoms with Crippen LogP contribution >= 0.6 is 0 Å². The number of unbranched alkanes of at least 4 members (excludes halogenated alkanes) is 24. The molecule has 3 rings (SSSR count). The number of carbonyl (C=O) groups excluding carboxylic acids is 2. The highest BCUT2D eigenvalue weighted by Gasteiger charge is 2.53. The standard InChI is InChI=1S/C42H73N5O6/c1-3-5-7-9-11-13-15-17-19-21-23-25-27-29-34(48)42(51)31-36(47-33-44-38-39(47)45-41(43)46-40(38)50)53-35(42)32-52-37(49)30-28-26-24-22-20-18-16-14-12-10-8-6-4-2/h33,35-36,51H,3-32H2,1-2H3,(H3,43,45,46,50)/t35-,36-,42-/m1/s1. The van der Waals surface area contributed by atoms with E-state index in [2.05, 4.69) is 28.8 Å². The summed E-state index contributed by atoms with van der Waals surface area (Å²) >= 11 is 0. The smallest absolute Gasteiger partial charge is 0.305 e. The Bertz CT molecular complexity index is 1360. The van der Waals surface area contributed by atoms with Crippen molar-refractivity contribution >= 4 is 28.9 Å². The molecule has 1 aliphatic heterocycles. The molecule has 0 amide bonds. The zero-order valence-corrected chi connectivity index (χ0v) is 33.4. The number of hydrogen-bond donors (Lipinski definition) is 3. The first kappa shape index (κ1) is 44.6. The number of nitrogens with two attached hydrogens (primary N) is 1. The fourth-order valence-electron chi connectivity index (χ4n) is 7.58. The molecule has 0 spiro atoms. The van der Waals surface area contributed by atoms with E-state index in [9.17, 15) is 19.5 Å². The molecular weight excluding hydrogens is 670 g/mol. The van der Waals surface area contributed by atoms with E-state index in [1.54, 1.807) is 0 Å². The number of anilines is 1. The van der Waals surface area contributed by atoms with Gasteiger partial charge in [0, 0.05) is 19.3 Å². The van der Waals surface area contributed by atoms with Crippen LogP contribution in [0.1, 0.15) is 206 Å². The number of esters is 1.